The highest BCUT2D eigenvalue weighted by Gasteiger charge is 2.20. The Morgan fingerprint density at radius 2 is 2.10 bits per heavy atom. The minimum absolute atomic E-state index is 0.0677. The van der Waals surface area contributed by atoms with Crippen LogP contribution >= 0.6 is 0 Å². The number of fused-ring (bicyclic) bond motifs is 1. The molecule has 9 nitrogen and oxygen atoms in total. The van der Waals surface area contributed by atoms with Crippen molar-refractivity contribution < 1.29 is 13.9 Å². The van der Waals surface area contributed by atoms with E-state index in [1.54, 1.807) is 6.07 Å². The lowest BCUT2D eigenvalue weighted by molar-refractivity contribution is 0.454. The molecule has 0 spiro atoms. The quantitative estimate of drug-likeness (QED) is 0.400. The second kappa shape index (κ2) is 6.79. The number of anilines is 2. The molecule has 0 unspecified atom stereocenters. The third-order valence-electron chi connectivity index (χ3n) is 4.57. The van der Waals surface area contributed by atoms with Crippen LogP contribution in [0.2, 0.25) is 0 Å². The number of rotatable bonds is 4. The molecule has 0 amide bonds. The Morgan fingerprint density at radius 3 is 2.83 bits per heavy atom. The number of imidazole rings is 1. The van der Waals surface area contributed by atoms with Crippen molar-refractivity contribution in [3.8, 4) is 5.88 Å². The smallest absolute Gasteiger partial charge is 0.326 e. The molecule has 3 aromatic heterocycles. The van der Waals surface area contributed by atoms with Gasteiger partial charge < -0.3 is 15.4 Å². The van der Waals surface area contributed by atoms with E-state index in [4.69, 9.17) is 0 Å². The molecule has 0 radical (unpaired) electrons. The first kappa shape index (κ1) is 18.0. The van der Waals surface area contributed by atoms with E-state index in [0.29, 0.717) is 16.4 Å². The third kappa shape index (κ3) is 3.41. The molecule has 0 bridgehead atoms. The number of nitrogens with one attached hydrogen (secondary N) is 3. The molecule has 5 rings (SSSR count). The highest BCUT2D eigenvalue weighted by atomic mass is 19.1. The van der Waals surface area contributed by atoms with Crippen LogP contribution in [0.25, 0.3) is 11.7 Å². The summed E-state index contributed by atoms with van der Waals surface area (Å²) < 4.78 is 29.1. The summed E-state index contributed by atoms with van der Waals surface area (Å²) in [4.78, 5) is 25.1. The number of hydrogen-bond donors (Lipinski definition) is 4. The van der Waals surface area contributed by atoms with E-state index < -0.39 is 17.3 Å². The van der Waals surface area contributed by atoms with Crippen LogP contribution in [0.1, 0.15) is 18.5 Å². The number of nitrogens with zero attached hydrogens (tertiary/aromatic N) is 4. The fourth-order valence-corrected chi connectivity index (χ4v) is 2.99. The number of aromatic nitrogens is 5. The van der Waals surface area contributed by atoms with Crippen LogP contribution < -0.4 is 21.7 Å². The fourth-order valence-electron chi connectivity index (χ4n) is 2.99. The summed E-state index contributed by atoms with van der Waals surface area (Å²) in [6.45, 7) is 0. The van der Waals surface area contributed by atoms with Crippen molar-refractivity contribution in [2.45, 2.75) is 18.9 Å². The van der Waals surface area contributed by atoms with Crippen LogP contribution in [0, 0.1) is 11.6 Å². The predicted molar refractivity (Wildman–Crippen MR) is 103 cm³/mol. The molecule has 0 aliphatic heterocycles. The molecule has 4 aromatic rings. The molecule has 0 saturated heterocycles. The molecule has 4 N–H and O–H groups in total. The molecule has 1 saturated carbocycles. The number of aromatic hydroxyl groups is 1. The highest BCUT2D eigenvalue weighted by molar-refractivity contribution is 5.61. The van der Waals surface area contributed by atoms with E-state index in [0.717, 1.165) is 31.0 Å². The normalized spacial score (nSPS) is 15.3. The Kier molecular flexibility index (Phi) is 4.09. The van der Waals surface area contributed by atoms with Crippen LogP contribution in [-0.4, -0.2) is 35.7 Å². The van der Waals surface area contributed by atoms with Gasteiger partial charge >= 0.3 is 5.69 Å². The average molecular weight is 411 g/mol. The Balaban J connectivity index is 1.69. The summed E-state index contributed by atoms with van der Waals surface area (Å²) in [5, 5.41) is 17.4. The average Bonchev–Trinajstić information content (AvgIpc) is 3.34. The van der Waals surface area contributed by atoms with Crippen molar-refractivity contribution in [1.82, 2.24) is 24.6 Å². The van der Waals surface area contributed by atoms with Crippen molar-refractivity contribution in [1.29, 1.82) is 0 Å². The molecular weight excluding hydrogens is 396 g/mol. The first-order chi connectivity index (χ1) is 14.5. The van der Waals surface area contributed by atoms with E-state index >= 15 is 0 Å². The van der Waals surface area contributed by atoms with Crippen molar-refractivity contribution in [2.24, 2.45) is 4.99 Å². The topological polar surface area (TPSA) is 123 Å². The first-order valence-corrected chi connectivity index (χ1v) is 9.14. The zero-order valence-corrected chi connectivity index (χ0v) is 15.4. The summed E-state index contributed by atoms with van der Waals surface area (Å²) in [6, 6.07) is 4.86. The maximum atomic E-state index is 14.1. The largest absolute Gasteiger partial charge is 0.493 e. The van der Waals surface area contributed by atoms with Crippen molar-refractivity contribution in [3.05, 3.63) is 69.0 Å². The predicted octanol–water partition coefficient (Wildman–Crippen LogP) is 1.08. The molecule has 1 aliphatic rings. The summed E-state index contributed by atoms with van der Waals surface area (Å²) in [6.07, 6.45) is 4.93. The Hall–Kier alpha value is -4.02. The molecule has 3 heterocycles. The van der Waals surface area contributed by atoms with Crippen molar-refractivity contribution in [2.75, 3.05) is 5.32 Å². The zero-order chi connectivity index (χ0) is 20.8. The number of hydrogen-bond acceptors (Lipinski definition) is 6. The van der Waals surface area contributed by atoms with E-state index in [2.05, 4.69) is 30.4 Å². The van der Waals surface area contributed by atoms with Crippen molar-refractivity contribution >= 4 is 23.2 Å². The third-order valence-corrected chi connectivity index (χ3v) is 4.57. The van der Waals surface area contributed by atoms with Gasteiger partial charge in [0, 0.05) is 17.4 Å². The van der Waals surface area contributed by atoms with Gasteiger partial charge in [0.15, 0.2) is 11.1 Å². The van der Waals surface area contributed by atoms with Crippen LogP contribution in [0.5, 0.6) is 5.88 Å². The van der Waals surface area contributed by atoms with Crippen LogP contribution in [0.4, 0.5) is 20.3 Å². The van der Waals surface area contributed by atoms with Crippen LogP contribution in [-0.2, 0) is 0 Å². The zero-order valence-electron chi connectivity index (χ0n) is 15.4. The fraction of sp³-hybridized carbons (Fsp3) is 0.158. The van der Waals surface area contributed by atoms with Gasteiger partial charge in [0.2, 0.25) is 5.88 Å². The summed E-state index contributed by atoms with van der Waals surface area (Å²) >= 11 is 0. The lowest BCUT2D eigenvalue weighted by Crippen LogP contribution is -2.20. The maximum Gasteiger partial charge on any atom is 0.326 e. The van der Waals surface area contributed by atoms with E-state index in [1.165, 1.54) is 16.8 Å². The van der Waals surface area contributed by atoms with Gasteiger partial charge in [0.1, 0.15) is 23.1 Å². The molecule has 1 aliphatic carbocycles. The summed E-state index contributed by atoms with van der Waals surface area (Å²) in [7, 11) is 0. The van der Waals surface area contributed by atoms with Gasteiger partial charge in [-0.05, 0) is 31.1 Å². The second-order valence-corrected chi connectivity index (χ2v) is 6.93. The molecule has 1 aromatic carbocycles. The van der Waals surface area contributed by atoms with Crippen LogP contribution in [0.15, 0.2) is 40.2 Å². The molecule has 0 atom stereocenters. The Morgan fingerprint density at radius 1 is 1.27 bits per heavy atom. The van der Waals surface area contributed by atoms with Gasteiger partial charge in [-0.2, -0.15) is 9.61 Å². The standard InChI is InChI=1S/C19H15F2N7O2/c20-10-1-4-12(21)13(6-10)24-15-7-16(23-11-2-3-11)28-17(26-15)9(8-22-28)5-14-18(29)27-19(30)25-14/h1,4-8,11,24,29H,2-3H2,(H2,25,27,30)/b9-5+,23-16?. The SMILES string of the molecule is O=c1[nH]c(O)c(/C=c2\cnn3c(=NC4CC4)cc(Nc4cc(F)ccc4F)nc23)[nH]1. The number of H-pyrrole nitrogens is 2. The Labute approximate surface area is 166 Å². The van der Waals surface area contributed by atoms with Gasteiger partial charge in [-0.15, -0.1) is 0 Å². The molecule has 152 valence electrons. The van der Waals surface area contributed by atoms with Crippen LogP contribution in [0.3, 0.4) is 0 Å². The lowest BCUT2D eigenvalue weighted by atomic mass is 10.3. The lowest BCUT2D eigenvalue weighted by Gasteiger charge is -2.07. The van der Waals surface area contributed by atoms with Gasteiger partial charge in [-0.1, -0.05) is 0 Å². The van der Waals surface area contributed by atoms with E-state index in [9.17, 15) is 18.7 Å². The van der Waals surface area contributed by atoms with Crippen molar-refractivity contribution in [3.63, 3.8) is 0 Å². The minimum atomic E-state index is -0.631. The van der Waals surface area contributed by atoms with E-state index in [-0.39, 0.29) is 29.1 Å². The van der Waals surface area contributed by atoms with Gasteiger partial charge in [-0.25, -0.2) is 18.6 Å². The maximum absolute atomic E-state index is 14.1. The Bertz CT molecular complexity index is 1450. The first-order valence-electron chi connectivity index (χ1n) is 9.14. The molecule has 1 fully saturated rings. The molecule has 11 heteroatoms. The van der Waals surface area contributed by atoms with E-state index in [1.807, 2.05) is 0 Å². The summed E-state index contributed by atoms with van der Waals surface area (Å²) in [5.41, 5.74) is 0.385. The number of benzene rings is 1. The monoisotopic (exact) mass is 411 g/mol. The number of halogens is 2. The van der Waals surface area contributed by atoms with Gasteiger partial charge in [0.05, 0.1) is 17.9 Å². The highest BCUT2D eigenvalue weighted by Crippen LogP contribution is 2.23. The van der Waals surface area contributed by atoms with Gasteiger partial charge in [-0.3, -0.25) is 9.98 Å². The minimum Gasteiger partial charge on any atom is -0.493 e. The molecule has 30 heavy (non-hydrogen) atoms. The number of aromatic amines is 2. The molecular formula is C19H15F2N7O2. The summed E-state index contributed by atoms with van der Waals surface area (Å²) in [5.74, 6) is -1.30. The van der Waals surface area contributed by atoms with Gasteiger partial charge in [0.25, 0.3) is 0 Å². The second-order valence-electron chi connectivity index (χ2n) is 6.93.